The van der Waals surface area contributed by atoms with Gasteiger partial charge >= 0.3 is 0 Å². The summed E-state index contributed by atoms with van der Waals surface area (Å²) in [6.07, 6.45) is 0. The lowest BCUT2D eigenvalue weighted by Gasteiger charge is -2.10. The molecule has 0 unspecified atom stereocenters. The number of ketones is 1. The normalized spacial score (nSPS) is 10.3. The molecule has 0 aliphatic carbocycles. The Labute approximate surface area is 124 Å². The Balaban J connectivity index is 2.19. The molecule has 3 nitrogen and oxygen atoms in total. The van der Waals surface area contributed by atoms with Gasteiger partial charge in [0.15, 0.2) is 5.78 Å². The Morgan fingerprint density at radius 1 is 1.37 bits per heavy atom. The van der Waals surface area contributed by atoms with Gasteiger partial charge in [0.05, 0.1) is 12.7 Å². The molecule has 0 fully saturated rings. The highest BCUT2D eigenvalue weighted by Gasteiger charge is 2.10. The molecule has 0 bridgehead atoms. The minimum absolute atomic E-state index is 0.0231. The van der Waals surface area contributed by atoms with Crippen LogP contribution < -0.4 is 9.47 Å². The van der Waals surface area contributed by atoms with Gasteiger partial charge in [0.25, 0.3) is 0 Å². The first-order valence-electron chi connectivity index (χ1n) is 5.65. The summed E-state index contributed by atoms with van der Waals surface area (Å²) in [6, 6.07) is 7.21. The third kappa shape index (κ3) is 3.58. The molecular weight excluding hydrogens is 328 g/mol. The molecule has 0 amide bonds. The number of rotatable bonds is 5. The van der Waals surface area contributed by atoms with Crippen molar-refractivity contribution in [3.8, 4) is 11.5 Å². The number of Topliss-reactive ketones (excluding diaryl/α,β-unsaturated/α-hetero) is 1. The third-order valence-electron chi connectivity index (χ3n) is 2.56. The van der Waals surface area contributed by atoms with Gasteiger partial charge in [-0.05, 0) is 41.1 Å². The largest absolute Gasteiger partial charge is 0.497 e. The molecule has 100 valence electrons. The quantitative estimate of drug-likeness (QED) is 0.761. The summed E-state index contributed by atoms with van der Waals surface area (Å²) in [5.74, 6) is 1.20. The zero-order valence-corrected chi connectivity index (χ0v) is 13.0. The van der Waals surface area contributed by atoms with Crippen LogP contribution in [0.3, 0.4) is 0 Å². The maximum atomic E-state index is 11.6. The first kappa shape index (κ1) is 14.1. The summed E-state index contributed by atoms with van der Waals surface area (Å²) in [6.45, 7) is 1.96. The molecule has 0 N–H and O–H groups in total. The molecule has 2 aromatic rings. The fourth-order valence-electron chi connectivity index (χ4n) is 1.62. The standard InChI is InChI=1S/C14H13BrO3S/c1-9(16)13-4-3-11(17-2)6-14(13)18-7-12-5-10(15)8-19-12/h3-6,8H,7H2,1-2H3. The molecule has 2 rings (SSSR count). The minimum Gasteiger partial charge on any atom is -0.497 e. The van der Waals surface area contributed by atoms with Crippen LogP contribution >= 0.6 is 27.3 Å². The number of methoxy groups -OCH3 is 1. The van der Waals surface area contributed by atoms with Crippen LogP contribution in [0.2, 0.25) is 0 Å². The van der Waals surface area contributed by atoms with Crippen LogP contribution in [-0.4, -0.2) is 12.9 Å². The highest BCUT2D eigenvalue weighted by Crippen LogP contribution is 2.27. The Morgan fingerprint density at radius 2 is 2.16 bits per heavy atom. The first-order chi connectivity index (χ1) is 9.10. The number of carbonyl (C=O) groups excluding carboxylic acids is 1. The van der Waals surface area contributed by atoms with Gasteiger partial charge in [0.1, 0.15) is 18.1 Å². The van der Waals surface area contributed by atoms with Crippen molar-refractivity contribution in [2.24, 2.45) is 0 Å². The van der Waals surface area contributed by atoms with Crippen LogP contribution in [0.15, 0.2) is 34.1 Å². The van der Waals surface area contributed by atoms with Gasteiger partial charge in [-0.3, -0.25) is 4.79 Å². The molecule has 1 aromatic heterocycles. The molecule has 0 saturated carbocycles. The van der Waals surface area contributed by atoms with Crippen molar-refractivity contribution in [1.29, 1.82) is 0 Å². The first-order valence-corrected chi connectivity index (χ1v) is 7.32. The van der Waals surface area contributed by atoms with Crippen molar-refractivity contribution in [2.75, 3.05) is 7.11 Å². The van der Waals surface area contributed by atoms with Crippen molar-refractivity contribution in [3.63, 3.8) is 0 Å². The van der Waals surface area contributed by atoms with Crippen molar-refractivity contribution >= 4 is 33.0 Å². The number of ether oxygens (including phenoxy) is 2. The van der Waals surface area contributed by atoms with Gasteiger partial charge in [-0.25, -0.2) is 0 Å². The second kappa shape index (κ2) is 6.21. The second-order valence-electron chi connectivity index (χ2n) is 3.94. The molecule has 5 heteroatoms. The summed E-state index contributed by atoms with van der Waals surface area (Å²) >= 11 is 5.00. The Hall–Kier alpha value is -1.33. The zero-order valence-electron chi connectivity index (χ0n) is 10.6. The van der Waals surface area contributed by atoms with Crippen LogP contribution in [-0.2, 0) is 6.61 Å². The van der Waals surface area contributed by atoms with Gasteiger partial charge in [-0.2, -0.15) is 0 Å². The summed E-state index contributed by atoms with van der Waals surface area (Å²) in [5.41, 5.74) is 0.566. The van der Waals surface area contributed by atoms with E-state index in [2.05, 4.69) is 15.9 Å². The van der Waals surface area contributed by atoms with E-state index in [1.807, 2.05) is 11.4 Å². The molecule has 0 radical (unpaired) electrons. The lowest BCUT2D eigenvalue weighted by Crippen LogP contribution is -2.01. The molecule has 0 spiro atoms. The van der Waals surface area contributed by atoms with E-state index in [0.29, 0.717) is 23.7 Å². The maximum absolute atomic E-state index is 11.6. The SMILES string of the molecule is COc1ccc(C(C)=O)c(OCc2cc(Br)cs2)c1. The molecule has 1 aromatic carbocycles. The second-order valence-corrected chi connectivity index (χ2v) is 5.85. The predicted octanol–water partition coefficient (Wildman–Crippen LogP) is 4.30. The minimum atomic E-state index is -0.0231. The number of hydrogen-bond donors (Lipinski definition) is 0. The lowest BCUT2D eigenvalue weighted by atomic mass is 10.1. The van der Waals surface area contributed by atoms with Crippen LogP contribution in [0.5, 0.6) is 11.5 Å². The van der Waals surface area contributed by atoms with E-state index in [1.165, 1.54) is 6.92 Å². The van der Waals surface area contributed by atoms with E-state index < -0.39 is 0 Å². The number of thiophene rings is 1. The van der Waals surface area contributed by atoms with Crippen molar-refractivity contribution in [3.05, 3.63) is 44.6 Å². The maximum Gasteiger partial charge on any atom is 0.163 e. The third-order valence-corrected chi connectivity index (χ3v) is 4.23. The van der Waals surface area contributed by atoms with Crippen molar-refractivity contribution < 1.29 is 14.3 Å². The van der Waals surface area contributed by atoms with E-state index >= 15 is 0 Å². The number of carbonyl (C=O) groups is 1. The van der Waals surface area contributed by atoms with E-state index in [9.17, 15) is 4.79 Å². The van der Waals surface area contributed by atoms with E-state index in [0.717, 1.165) is 9.35 Å². The summed E-state index contributed by atoms with van der Waals surface area (Å²) in [5, 5.41) is 2.00. The Bertz CT molecular complexity index is 592. The number of hydrogen-bond acceptors (Lipinski definition) is 4. The topological polar surface area (TPSA) is 35.5 Å². The van der Waals surface area contributed by atoms with Crippen molar-refractivity contribution in [1.82, 2.24) is 0 Å². The molecule has 0 aliphatic heterocycles. The van der Waals surface area contributed by atoms with Gasteiger partial charge in [0, 0.05) is 20.8 Å². The van der Waals surface area contributed by atoms with Gasteiger partial charge in [-0.1, -0.05) is 0 Å². The smallest absolute Gasteiger partial charge is 0.163 e. The predicted molar refractivity (Wildman–Crippen MR) is 79.3 cm³/mol. The summed E-state index contributed by atoms with van der Waals surface area (Å²) < 4.78 is 11.9. The molecular formula is C14H13BrO3S. The number of halogens is 1. The van der Waals surface area contributed by atoms with Crippen LogP contribution in [0.4, 0.5) is 0 Å². The van der Waals surface area contributed by atoms with E-state index in [4.69, 9.17) is 9.47 Å². The fourth-order valence-corrected chi connectivity index (χ4v) is 2.98. The fraction of sp³-hybridized carbons (Fsp3) is 0.214. The van der Waals surface area contributed by atoms with Gasteiger partial charge < -0.3 is 9.47 Å². The summed E-state index contributed by atoms with van der Waals surface area (Å²) in [7, 11) is 1.59. The van der Waals surface area contributed by atoms with Gasteiger partial charge in [0.2, 0.25) is 0 Å². The average molecular weight is 341 g/mol. The zero-order chi connectivity index (χ0) is 13.8. The van der Waals surface area contributed by atoms with Crippen LogP contribution in [0.1, 0.15) is 22.2 Å². The molecule has 0 atom stereocenters. The number of benzene rings is 1. The summed E-state index contributed by atoms with van der Waals surface area (Å²) in [4.78, 5) is 12.6. The molecule has 0 aliphatic rings. The van der Waals surface area contributed by atoms with E-state index in [1.54, 1.807) is 36.6 Å². The highest BCUT2D eigenvalue weighted by molar-refractivity contribution is 9.10. The van der Waals surface area contributed by atoms with Crippen LogP contribution in [0.25, 0.3) is 0 Å². The Kier molecular flexibility index (Phi) is 4.61. The average Bonchev–Trinajstić information content (AvgIpc) is 2.81. The van der Waals surface area contributed by atoms with E-state index in [-0.39, 0.29) is 5.78 Å². The Morgan fingerprint density at radius 3 is 2.74 bits per heavy atom. The highest BCUT2D eigenvalue weighted by atomic mass is 79.9. The van der Waals surface area contributed by atoms with Gasteiger partial charge in [-0.15, -0.1) is 11.3 Å². The monoisotopic (exact) mass is 340 g/mol. The molecule has 0 saturated heterocycles. The van der Waals surface area contributed by atoms with Crippen LogP contribution in [0, 0.1) is 0 Å². The molecule has 1 heterocycles. The van der Waals surface area contributed by atoms with Crippen molar-refractivity contribution in [2.45, 2.75) is 13.5 Å². The lowest BCUT2D eigenvalue weighted by molar-refractivity contribution is 0.101. The molecule has 19 heavy (non-hydrogen) atoms.